The van der Waals surface area contributed by atoms with Crippen LogP contribution in [0.3, 0.4) is 0 Å². The van der Waals surface area contributed by atoms with E-state index in [2.05, 4.69) is 6.07 Å². The summed E-state index contributed by atoms with van der Waals surface area (Å²) in [7, 11) is 1.37. The summed E-state index contributed by atoms with van der Waals surface area (Å²) in [4.78, 5) is 11.5. The molecule has 1 fully saturated rings. The lowest BCUT2D eigenvalue weighted by molar-refractivity contribution is 0.0600. The largest absolute Gasteiger partial charge is 0.465 e. The van der Waals surface area contributed by atoms with E-state index in [-0.39, 0.29) is 11.4 Å². The topological polar surface area (TPSA) is 50.1 Å². The molecule has 0 heterocycles. The molecule has 88 valence electrons. The summed E-state index contributed by atoms with van der Waals surface area (Å²) >= 11 is 0. The molecule has 0 unspecified atom stereocenters. The van der Waals surface area contributed by atoms with Crippen LogP contribution in [-0.2, 0) is 10.2 Å². The SMILES string of the molecule is COC(=O)c1cc(C)cc(C2(C#N)CCC2)c1. The van der Waals surface area contributed by atoms with Gasteiger partial charge in [0.25, 0.3) is 0 Å². The number of nitrogens with zero attached hydrogens (tertiary/aromatic N) is 1. The summed E-state index contributed by atoms with van der Waals surface area (Å²) < 4.78 is 4.72. The molecule has 0 aliphatic heterocycles. The summed E-state index contributed by atoms with van der Waals surface area (Å²) in [5.74, 6) is -0.345. The molecule has 3 nitrogen and oxygen atoms in total. The molecule has 1 aliphatic carbocycles. The summed E-state index contributed by atoms with van der Waals surface area (Å²) in [5, 5.41) is 9.30. The van der Waals surface area contributed by atoms with Gasteiger partial charge < -0.3 is 4.74 Å². The number of benzene rings is 1. The Hall–Kier alpha value is -1.82. The van der Waals surface area contributed by atoms with Crippen LogP contribution in [0, 0.1) is 18.3 Å². The predicted octanol–water partition coefficient (Wildman–Crippen LogP) is 2.73. The van der Waals surface area contributed by atoms with Crippen LogP contribution in [0.25, 0.3) is 0 Å². The molecule has 1 aromatic carbocycles. The maximum absolute atomic E-state index is 11.5. The Morgan fingerprint density at radius 2 is 2.12 bits per heavy atom. The van der Waals surface area contributed by atoms with Crippen molar-refractivity contribution in [2.75, 3.05) is 7.11 Å². The van der Waals surface area contributed by atoms with E-state index >= 15 is 0 Å². The van der Waals surface area contributed by atoms with E-state index in [0.29, 0.717) is 5.56 Å². The highest BCUT2D eigenvalue weighted by molar-refractivity contribution is 5.89. The summed E-state index contributed by atoms with van der Waals surface area (Å²) in [5.41, 5.74) is 2.09. The van der Waals surface area contributed by atoms with Crippen molar-refractivity contribution in [2.45, 2.75) is 31.6 Å². The first kappa shape index (κ1) is 11.7. The normalized spacial score (nSPS) is 16.8. The van der Waals surface area contributed by atoms with Crippen LogP contribution < -0.4 is 0 Å². The second-order valence-corrected chi connectivity index (χ2v) is 4.63. The van der Waals surface area contributed by atoms with Crippen molar-refractivity contribution in [3.05, 3.63) is 34.9 Å². The van der Waals surface area contributed by atoms with E-state index in [1.165, 1.54) is 7.11 Å². The van der Waals surface area contributed by atoms with E-state index in [9.17, 15) is 10.1 Å². The Labute approximate surface area is 101 Å². The minimum atomic E-state index is -0.380. The van der Waals surface area contributed by atoms with Crippen LogP contribution >= 0.6 is 0 Å². The second-order valence-electron chi connectivity index (χ2n) is 4.63. The number of nitriles is 1. The highest BCUT2D eigenvalue weighted by Crippen LogP contribution is 2.43. The first-order valence-corrected chi connectivity index (χ1v) is 5.73. The molecule has 1 saturated carbocycles. The van der Waals surface area contributed by atoms with Crippen LogP contribution in [0.4, 0.5) is 0 Å². The quantitative estimate of drug-likeness (QED) is 0.732. The van der Waals surface area contributed by atoms with Gasteiger partial charge in [-0.1, -0.05) is 6.07 Å². The number of hydrogen-bond donors (Lipinski definition) is 0. The fraction of sp³-hybridized carbons (Fsp3) is 0.429. The van der Waals surface area contributed by atoms with Crippen molar-refractivity contribution >= 4 is 5.97 Å². The Bertz CT molecular complexity index is 495. The van der Waals surface area contributed by atoms with Gasteiger partial charge in [-0.3, -0.25) is 0 Å². The number of carbonyl (C=O) groups is 1. The third-order valence-corrected chi connectivity index (χ3v) is 3.47. The lowest BCUT2D eigenvalue weighted by Crippen LogP contribution is -2.32. The van der Waals surface area contributed by atoms with Gasteiger partial charge in [-0.15, -0.1) is 0 Å². The van der Waals surface area contributed by atoms with Crippen molar-refractivity contribution < 1.29 is 9.53 Å². The fourth-order valence-corrected chi connectivity index (χ4v) is 2.29. The Kier molecular flexibility index (Phi) is 2.89. The molecule has 0 spiro atoms. The lowest BCUT2D eigenvalue weighted by Gasteiger charge is -2.36. The smallest absolute Gasteiger partial charge is 0.337 e. The molecular weight excluding hydrogens is 214 g/mol. The van der Waals surface area contributed by atoms with Crippen molar-refractivity contribution in [3.8, 4) is 6.07 Å². The summed E-state index contributed by atoms with van der Waals surface area (Å²) in [6.07, 6.45) is 2.84. The number of methoxy groups -OCH3 is 1. The van der Waals surface area contributed by atoms with Gasteiger partial charge in [-0.2, -0.15) is 5.26 Å². The molecule has 0 atom stereocenters. The maximum Gasteiger partial charge on any atom is 0.337 e. The Morgan fingerprint density at radius 1 is 1.41 bits per heavy atom. The third-order valence-electron chi connectivity index (χ3n) is 3.47. The van der Waals surface area contributed by atoms with E-state index in [1.807, 2.05) is 13.0 Å². The van der Waals surface area contributed by atoms with E-state index in [4.69, 9.17) is 4.74 Å². The zero-order valence-electron chi connectivity index (χ0n) is 10.1. The Morgan fingerprint density at radius 3 is 2.59 bits per heavy atom. The third kappa shape index (κ3) is 1.91. The van der Waals surface area contributed by atoms with Gasteiger partial charge in [-0.25, -0.2) is 4.79 Å². The van der Waals surface area contributed by atoms with E-state index < -0.39 is 0 Å². The summed E-state index contributed by atoms with van der Waals surface area (Å²) in [6.45, 7) is 1.93. The van der Waals surface area contributed by atoms with Crippen molar-refractivity contribution in [1.82, 2.24) is 0 Å². The average Bonchev–Trinajstić information content (AvgIpc) is 2.26. The predicted molar refractivity (Wildman–Crippen MR) is 63.7 cm³/mol. The molecule has 17 heavy (non-hydrogen) atoms. The molecule has 2 rings (SSSR count). The minimum absolute atomic E-state index is 0.345. The van der Waals surface area contributed by atoms with Crippen molar-refractivity contribution in [1.29, 1.82) is 5.26 Å². The first-order chi connectivity index (χ1) is 8.11. The number of rotatable bonds is 2. The maximum atomic E-state index is 11.5. The molecule has 0 aromatic heterocycles. The molecule has 0 radical (unpaired) electrons. The van der Waals surface area contributed by atoms with E-state index in [0.717, 1.165) is 30.4 Å². The van der Waals surface area contributed by atoms with Crippen LogP contribution in [0.1, 0.15) is 40.7 Å². The van der Waals surface area contributed by atoms with Gasteiger partial charge in [0, 0.05) is 0 Å². The number of ether oxygens (including phenoxy) is 1. The van der Waals surface area contributed by atoms with E-state index in [1.54, 1.807) is 12.1 Å². The van der Waals surface area contributed by atoms with Crippen molar-refractivity contribution in [2.24, 2.45) is 0 Å². The van der Waals surface area contributed by atoms with Gasteiger partial charge in [0.1, 0.15) is 0 Å². The number of esters is 1. The summed E-state index contributed by atoms with van der Waals surface area (Å²) in [6, 6.07) is 7.97. The highest BCUT2D eigenvalue weighted by Gasteiger charge is 2.39. The monoisotopic (exact) mass is 229 g/mol. The molecule has 1 aliphatic rings. The number of hydrogen-bond acceptors (Lipinski definition) is 3. The Balaban J connectivity index is 2.46. The zero-order valence-corrected chi connectivity index (χ0v) is 10.1. The van der Waals surface area contributed by atoms with Crippen LogP contribution in [-0.4, -0.2) is 13.1 Å². The molecule has 0 amide bonds. The molecule has 3 heteroatoms. The van der Waals surface area contributed by atoms with Gasteiger partial charge in [0.2, 0.25) is 0 Å². The molecule has 0 N–H and O–H groups in total. The first-order valence-electron chi connectivity index (χ1n) is 5.73. The number of carbonyl (C=O) groups excluding carboxylic acids is 1. The lowest BCUT2D eigenvalue weighted by atomic mass is 9.65. The fourth-order valence-electron chi connectivity index (χ4n) is 2.29. The van der Waals surface area contributed by atoms with Gasteiger partial charge in [0.05, 0.1) is 24.2 Å². The second kappa shape index (κ2) is 4.21. The van der Waals surface area contributed by atoms with Gasteiger partial charge in [-0.05, 0) is 49.4 Å². The van der Waals surface area contributed by atoms with Gasteiger partial charge in [0.15, 0.2) is 0 Å². The molecular formula is C14H15NO2. The number of aryl methyl sites for hydroxylation is 1. The van der Waals surface area contributed by atoms with Gasteiger partial charge >= 0.3 is 5.97 Å². The highest BCUT2D eigenvalue weighted by atomic mass is 16.5. The average molecular weight is 229 g/mol. The van der Waals surface area contributed by atoms with Crippen LogP contribution in [0.2, 0.25) is 0 Å². The van der Waals surface area contributed by atoms with Crippen LogP contribution in [0.5, 0.6) is 0 Å². The molecule has 0 bridgehead atoms. The van der Waals surface area contributed by atoms with Crippen molar-refractivity contribution in [3.63, 3.8) is 0 Å². The zero-order chi connectivity index (χ0) is 12.5. The molecule has 1 aromatic rings. The van der Waals surface area contributed by atoms with Crippen LogP contribution in [0.15, 0.2) is 18.2 Å². The molecule has 0 saturated heterocycles. The minimum Gasteiger partial charge on any atom is -0.465 e. The standard InChI is InChI=1S/C14H15NO2/c1-10-6-11(13(16)17-2)8-12(7-10)14(9-15)4-3-5-14/h6-8H,3-5H2,1-2H3.